The molecule has 0 radical (unpaired) electrons. The Kier molecular flexibility index (Phi) is 4.00. The molecule has 0 aliphatic rings. The lowest BCUT2D eigenvalue weighted by atomic mass is 10.1. The van der Waals surface area contributed by atoms with E-state index in [9.17, 15) is 5.11 Å². The largest absolute Gasteiger partial charge is 0.389 e. The third kappa shape index (κ3) is 3.72. The monoisotopic (exact) mass is 174 g/mol. The summed E-state index contributed by atoms with van der Waals surface area (Å²) in [4.78, 5) is 0. The van der Waals surface area contributed by atoms with Crippen molar-refractivity contribution in [3.63, 3.8) is 0 Å². The molecule has 0 aliphatic carbocycles. The zero-order valence-corrected chi connectivity index (χ0v) is 7.56. The van der Waals surface area contributed by atoms with Gasteiger partial charge < -0.3 is 5.11 Å². The van der Waals surface area contributed by atoms with Gasteiger partial charge in [0, 0.05) is 0 Å². The van der Waals surface area contributed by atoms with Gasteiger partial charge in [0.1, 0.15) is 0 Å². The molecule has 1 nitrogen and oxygen atoms in total. The lowest BCUT2D eigenvalue weighted by Crippen LogP contribution is -1.98. The molecule has 0 amide bonds. The SMILES string of the molecule is C=CCC(O)C=Cc1ccccc1. The highest BCUT2D eigenvalue weighted by Crippen LogP contribution is 2.03. The number of benzene rings is 1. The van der Waals surface area contributed by atoms with E-state index in [-0.39, 0.29) is 0 Å². The highest BCUT2D eigenvalue weighted by atomic mass is 16.3. The van der Waals surface area contributed by atoms with Gasteiger partial charge in [-0.15, -0.1) is 6.58 Å². The smallest absolute Gasteiger partial charge is 0.0758 e. The third-order valence-electron chi connectivity index (χ3n) is 1.72. The molecule has 0 spiro atoms. The first kappa shape index (κ1) is 9.75. The van der Waals surface area contributed by atoms with Crippen LogP contribution in [-0.2, 0) is 0 Å². The fourth-order valence-electron chi connectivity index (χ4n) is 1.04. The second-order valence-corrected chi connectivity index (χ2v) is 2.86. The van der Waals surface area contributed by atoms with Crippen molar-refractivity contribution in [1.29, 1.82) is 0 Å². The summed E-state index contributed by atoms with van der Waals surface area (Å²) in [6.45, 7) is 3.56. The van der Waals surface area contributed by atoms with Crippen molar-refractivity contribution in [1.82, 2.24) is 0 Å². The summed E-state index contributed by atoms with van der Waals surface area (Å²) < 4.78 is 0. The second-order valence-electron chi connectivity index (χ2n) is 2.86. The Balaban J connectivity index is 2.53. The molecule has 0 fully saturated rings. The van der Waals surface area contributed by atoms with Crippen LogP contribution in [0.2, 0.25) is 0 Å². The summed E-state index contributed by atoms with van der Waals surface area (Å²) in [7, 11) is 0. The van der Waals surface area contributed by atoms with Gasteiger partial charge >= 0.3 is 0 Å². The van der Waals surface area contributed by atoms with Gasteiger partial charge in [0.05, 0.1) is 6.10 Å². The van der Waals surface area contributed by atoms with Gasteiger partial charge in [0.25, 0.3) is 0 Å². The molecular weight excluding hydrogens is 160 g/mol. The van der Waals surface area contributed by atoms with Crippen molar-refractivity contribution in [2.45, 2.75) is 12.5 Å². The lowest BCUT2D eigenvalue weighted by Gasteiger charge is -1.99. The van der Waals surface area contributed by atoms with E-state index >= 15 is 0 Å². The fourth-order valence-corrected chi connectivity index (χ4v) is 1.04. The summed E-state index contributed by atoms with van der Waals surface area (Å²) in [5.41, 5.74) is 1.10. The van der Waals surface area contributed by atoms with Gasteiger partial charge in [-0.25, -0.2) is 0 Å². The molecule has 1 aromatic rings. The zero-order chi connectivity index (χ0) is 9.52. The molecule has 0 bridgehead atoms. The normalized spacial score (nSPS) is 13.0. The van der Waals surface area contributed by atoms with Gasteiger partial charge in [-0.05, 0) is 12.0 Å². The van der Waals surface area contributed by atoms with Crippen molar-refractivity contribution >= 4 is 6.08 Å². The predicted octanol–water partition coefficient (Wildman–Crippen LogP) is 2.64. The molecule has 1 N–H and O–H groups in total. The molecule has 13 heavy (non-hydrogen) atoms. The van der Waals surface area contributed by atoms with Crippen LogP contribution >= 0.6 is 0 Å². The average Bonchev–Trinajstić information content (AvgIpc) is 2.17. The molecule has 1 rings (SSSR count). The molecular formula is C12H14O. The lowest BCUT2D eigenvalue weighted by molar-refractivity contribution is 0.228. The number of rotatable bonds is 4. The Morgan fingerprint density at radius 3 is 2.62 bits per heavy atom. The summed E-state index contributed by atoms with van der Waals surface area (Å²) in [5.74, 6) is 0. The first-order valence-corrected chi connectivity index (χ1v) is 4.35. The Morgan fingerprint density at radius 1 is 1.31 bits per heavy atom. The molecule has 0 aliphatic heterocycles. The minimum atomic E-state index is -0.419. The highest BCUT2D eigenvalue weighted by molar-refractivity contribution is 5.49. The number of aliphatic hydroxyl groups excluding tert-OH is 1. The Labute approximate surface area is 79.0 Å². The van der Waals surface area contributed by atoms with Gasteiger partial charge in [-0.2, -0.15) is 0 Å². The van der Waals surface area contributed by atoms with Crippen LogP contribution in [0.4, 0.5) is 0 Å². The molecule has 1 heteroatoms. The van der Waals surface area contributed by atoms with Crippen molar-refractivity contribution in [2.75, 3.05) is 0 Å². The van der Waals surface area contributed by atoms with Crippen LogP contribution in [0.5, 0.6) is 0 Å². The van der Waals surface area contributed by atoms with E-state index < -0.39 is 6.10 Å². The van der Waals surface area contributed by atoms with Gasteiger partial charge in [-0.3, -0.25) is 0 Å². The van der Waals surface area contributed by atoms with Gasteiger partial charge in [0.2, 0.25) is 0 Å². The maximum Gasteiger partial charge on any atom is 0.0758 e. The van der Waals surface area contributed by atoms with E-state index in [1.807, 2.05) is 36.4 Å². The minimum Gasteiger partial charge on any atom is -0.389 e. The van der Waals surface area contributed by atoms with E-state index in [2.05, 4.69) is 6.58 Å². The Hall–Kier alpha value is -1.34. The molecule has 1 unspecified atom stereocenters. The predicted molar refractivity (Wildman–Crippen MR) is 56.3 cm³/mol. The summed E-state index contributed by atoms with van der Waals surface area (Å²) >= 11 is 0. The quantitative estimate of drug-likeness (QED) is 0.696. The van der Waals surface area contributed by atoms with E-state index in [4.69, 9.17) is 0 Å². The fraction of sp³-hybridized carbons (Fsp3) is 0.167. The topological polar surface area (TPSA) is 20.2 Å². The van der Waals surface area contributed by atoms with Crippen LogP contribution in [0.3, 0.4) is 0 Å². The van der Waals surface area contributed by atoms with Crippen LogP contribution in [0.25, 0.3) is 6.08 Å². The average molecular weight is 174 g/mol. The van der Waals surface area contributed by atoms with Crippen LogP contribution in [-0.4, -0.2) is 11.2 Å². The molecule has 0 heterocycles. The maximum atomic E-state index is 9.35. The zero-order valence-electron chi connectivity index (χ0n) is 7.56. The number of hydrogen-bond donors (Lipinski definition) is 1. The first-order valence-electron chi connectivity index (χ1n) is 4.35. The van der Waals surface area contributed by atoms with Crippen molar-refractivity contribution < 1.29 is 5.11 Å². The third-order valence-corrected chi connectivity index (χ3v) is 1.72. The van der Waals surface area contributed by atoms with Crippen molar-refractivity contribution in [3.05, 3.63) is 54.6 Å². The van der Waals surface area contributed by atoms with Crippen LogP contribution in [0.1, 0.15) is 12.0 Å². The summed E-state index contributed by atoms with van der Waals surface area (Å²) in [5, 5.41) is 9.35. The summed E-state index contributed by atoms with van der Waals surface area (Å²) in [6.07, 6.45) is 5.58. The molecule has 68 valence electrons. The highest BCUT2D eigenvalue weighted by Gasteiger charge is 1.93. The van der Waals surface area contributed by atoms with Crippen molar-refractivity contribution in [2.24, 2.45) is 0 Å². The van der Waals surface area contributed by atoms with Crippen LogP contribution in [0.15, 0.2) is 49.1 Å². The maximum absolute atomic E-state index is 9.35. The molecule has 0 saturated carbocycles. The number of aliphatic hydroxyl groups is 1. The molecule has 1 atom stereocenters. The van der Waals surface area contributed by atoms with E-state index in [1.54, 1.807) is 12.2 Å². The van der Waals surface area contributed by atoms with Gasteiger partial charge in [0.15, 0.2) is 0 Å². The van der Waals surface area contributed by atoms with Crippen LogP contribution in [0, 0.1) is 0 Å². The molecule has 1 aromatic carbocycles. The standard InChI is InChI=1S/C12H14O/c1-2-6-12(13)10-9-11-7-4-3-5-8-11/h2-5,7-10,12-13H,1,6H2. The van der Waals surface area contributed by atoms with Crippen molar-refractivity contribution in [3.8, 4) is 0 Å². The van der Waals surface area contributed by atoms with Gasteiger partial charge in [-0.1, -0.05) is 48.6 Å². The van der Waals surface area contributed by atoms with E-state index in [0.717, 1.165) is 5.56 Å². The summed E-state index contributed by atoms with van der Waals surface area (Å²) in [6, 6.07) is 9.91. The molecule has 0 aromatic heterocycles. The minimum absolute atomic E-state index is 0.419. The van der Waals surface area contributed by atoms with E-state index in [0.29, 0.717) is 6.42 Å². The second kappa shape index (κ2) is 5.33. The first-order chi connectivity index (χ1) is 6.33. The van der Waals surface area contributed by atoms with E-state index in [1.165, 1.54) is 0 Å². The molecule has 0 saturated heterocycles. The number of hydrogen-bond acceptors (Lipinski definition) is 1. The van der Waals surface area contributed by atoms with Crippen LogP contribution < -0.4 is 0 Å². The Bertz CT molecular complexity index is 274. The Morgan fingerprint density at radius 2 is 2.00 bits per heavy atom.